The monoisotopic (exact) mass is 751 g/mol. The van der Waals surface area contributed by atoms with Gasteiger partial charge in [0.1, 0.15) is 0 Å². The largest absolute Gasteiger partial charge is 0.226 e. The molecule has 11 rings (SSSR count). The number of rotatable bonds is 6. The SMILES string of the molecule is c1ccc(-c2ccc(-c3nc(-c4ccccc4)nc(-c4ccc5c(c4)sc4ccc(-c6nc(-c7ccccc7)c7sc8ccccc8c7n6)cc45)n3)cc2)cc1. The van der Waals surface area contributed by atoms with E-state index in [1.54, 1.807) is 22.7 Å². The number of thiophene rings is 2. The van der Waals surface area contributed by atoms with Crippen LogP contribution in [0.1, 0.15) is 0 Å². The standard InChI is InChI=1S/C49H29N5S2/c1-4-12-30(13-5-1)31-20-22-34(23-21-31)47-52-46(33-16-8-3-9-17-33)53-49(54-47)36-24-26-37-39-28-35(25-27-41(39)55-42(37)29-36)48-50-43(32-14-6-2-7-15-32)45-44(51-48)38-18-10-11-19-40(38)56-45/h1-29H. The Morgan fingerprint density at radius 3 is 1.52 bits per heavy atom. The highest BCUT2D eigenvalue weighted by Gasteiger charge is 2.18. The first kappa shape index (κ1) is 32.5. The molecule has 5 nitrogen and oxygen atoms in total. The van der Waals surface area contributed by atoms with Crippen LogP contribution in [0.4, 0.5) is 0 Å². The third-order valence-electron chi connectivity index (χ3n) is 10.2. The zero-order valence-electron chi connectivity index (χ0n) is 29.8. The van der Waals surface area contributed by atoms with Crippen molar-refractivity contribution in [3.05, 3.63) is 176 Å². The summed E-state index contributed by atoms with van der Waals surface area (Å²) in [6.45, 7) is 0. The summed E-state index contributed by atoms with van der Waals surface area (Å²) < 4.78 is 4.68. The van der Waals surface area contributed by atoms with Crippen LogP contribution < -0.4 is 0 Å². The first-order valence-corrected chi connectivity index (χ1v) is 20.0. The molecule has 0 saturated heterocycles. The molecule has 262 valence electrons. The van der Waals surface area contributed by atoms with E-state index in [-0.39, 0.29) is 0 Å². The van der Waals surface area contributed by atoms with Gasteiger partial charge in [-0.1, -0.05) is 146 Å². The molecule has 0 spiro atoms. The van der Waals surface area contributed by atoms with Crippen molar-refractivity contribution < 1.29 is 0 Å². The lowest BCUT2D eigenvalue weighted by Crippen LogP contribution is -2.00. The van der Waals surface area contributed by atoms with Crippen LogP contribution in [0.5, 0.6) is 0 Å². The molecule has 0 bridgehead atoms. The van der Waals surface area contributed by atoms with Gasteiger partial charge >= 0.3 is 0 Å². The van der Waals surface area contributed by atoms with Crippen LogP contribution in [0.15, 0.2) is 176 Å². The van der Waals surface area contributed by atoms with Gasteiger partial charge in [0, 0.05) is 58.1 Å². The van der Waals surface area contributed by atoms with Crippen LogP contribution in [0.3, 0.4) is 0 Å². The molecule has 0 saturated carbocycles. The van der Waals surface area contributed by atoms with Crippen LogP contribution in [-0.4, -0.2) is 24.9 Å². The highest BCUT2D eigenvalue weighted by atomic mass is 32.1. The predicted molar refractivity (Wildman–Crippen MR) is 234 cm³/mol. The van der Waals surface area contributed by atoms with E-state index in [9.17, 15) is 0 Å². The second-order valence-electron chi connectivity index (χ2n) is 13.7. The van der Waals surface area contributed by atoms with Crippen molar-refractivity contribution in [2.75, 3.05) is 0 Å². The topological polar surface area (TPSA) is 64.5 Å². The number of hydrogen-bond donors (Lipinski definition) is 0. The molecular weight excluding hydrogens is 723 g/mol. The maximum absolute atomic E-state index is 5.23. The summed E-state index contributed by atoms with van der Waals surface area (Å²) in [7, 11) is 0. The average Bonchev–Trinajstić information content (AvgIpc) is 3.84. The van der Waals surface area contributed by atoms with Gasteiger partial charge in [0.2, 0.25) is 0 Å². The Hall–Kier alpha value is -6.93. The molecule has 7 aromatic carbocycles. The zero-order valence-corrected chi connectivity index (χ0v) is 31.4. The molecule has 56 heavy (non-hydrogen) atoms. The summed E-state index contributed by atoms with van der Waals surface area (Å²) in [5.74, 6) is 2.64. The average molecular weight is 752 g/mol. The molecule has 0 amide bonds. The van der Waals surface area contributed by atoms with E-state index < -0.39 is 0 Å². The fourth-order valence-corrected chi connectivity index (χ4v) is 9.64. The van der Waals surface area contributed by atoms with E-state index in [1.807, 2.05) is 42.5 Å². The molecule has 4 aromatic heterocycles. The van der Waals surface area contributed by atoms with Crippen molar-refractivity contribution in [3.63, 3.8) is 0 Å². The summed E-state index contributed by atoms with van der Waals surface area (Å²) in [5.41, 5.74) is 9.18. The third kappa shape index (κ3) is 5.73. The first-order chi connectivity index (χ1) is 27.7. The van der Waals surface area contributed by atoms with Crippen molar-refractivity contribution in [2.45, 2.75) is 0 Å². The van der Waals surface area contributed by atoms with E-state index in [4.69, 9.17) is 24.9 Å². The van der Waals surface area contributed by atoms with Gasteiger partial charge in [0.25, 0.3) is 0 Å². The quantitative estimate of drug-likeness (QED) is 0.169. The van der Waals surface area contributed by atoms with Crippen molar-refractivity contribution in [3.8, 4) is 67.9 Å². The number of hydrogen-bond acceptors (Lipinski definition) is 7. The first-order valence-electron chi connectivity index (χ1n) is 18.4. The van der Waals surface area contributed by atoms with Crippen LogP contribution in [-0.2, 0) is 0 Å². The highest BCUT2D eigenvalue weighted by molar-refractivity contribution is 7.26. The zero-order chi connectivity index (χ0) is 37.0. The molecule has 0 aliphatic heterocycles. The van der Waals surface area contributed by atoms with Crippen LogP contribution in [0.25, 0.3) is 108 Å². The normalized spacial score (nSPS) is 11.6. The van der Waals surface area contributed by atoms with Gasteiger partial charge in [0.15, 0.2) is 23.3 Å². The molecule has 0 unspecified atom stereocenters. The van der Waals surface area contributed by atoms with Crippen molar-refractivity contribution in [1.29, 1.82) is 0 Å². The van der Waals surface area contributed by atoms with Gasteiger partial charge in [-0.05, 0) is 41.5 Å². The lowest BCUT2D eigenvalue weighted by atomic mass is 10.0. The molecule has 0 N–H and O–H groups in total. The van der Waals surface area contributed by atoms with E-state index in [1.165, 1.54) is 25.7 Å². The van der Waals surface area contributed by atoms with Crippen LogP contribution >= 0.6 is 22.7 Å². The number of fused-ring (bicyclic) bond motifs is 6. The Labute approximate surface area is 330 Å². The van der Waals surface area contributed by atoms with Crippen LogP contribution in [0, 0.1) is 0 Å². The second kappa shape index (κ2) is 13.4. The van der Waals surface area contributed by atoms with Gasteiger partial charge in [-0.25, -0.2) is 24.9 Å². The Bertz CT molecular complexity index is 3230. The molecule has 11 aromatic rings. The maximum atomic E-state index is 5.23. The Morgan fingerprint density at radius 1 is 0.286 bits per heavy atom. The van der Waals surface area contributed by atoms with Crippen molar-refractivity contribution in [1.82, 2.24) is 24.9 Å². The van der Waals surface area contributed by atoms with Crippen LogP contribution in [0.2, 0.25) is 0 Å². The smallest absolute Gasteiger partial charge is 0.164 e. The van der Waals surface area contributed by atoms with Gasteiger partial charge in [-0.15, -0.1) is 22.7 Å². The van der Waals surface area contributed by atoms with Crippen molar-refractivity contribution >= 4 is 63.1 Å². The van der Waals surface area contributed by atoms with Gasteiger partial charge in [-0.3, -0.25) is 0 Å². The lowest BCUT2D eigenvalue weighted by molar-refractivity contribution is 1.07. The lowest BCUT2D eigenvalue weighted by Gasteiger charge is -2.09. The Kier molecular flexibility index (Phi) is 7.79. The molecule has 0 aliphatic carbocycles. The molecule has 4 heterocycles. The molecule has 0 aliphatic rings. The fourth-order valence-electron chi connectivity index (χ4n) is 7.36. The minimum absolute atomic E-state index is 0.638. The molecule has 7 heteroatoms. The highest BCUT2D eigenvalue weighted by Crippen LogP contribution is 2.41. The van der Waals surface area contributed by atoms with E-state index in [0.29, 0.717) is 17.5 Å². The Balaban J connectivity index is 1.01. The van der Waals surface area contributed by atoms with E-state index in [0.717, 1.165) is 65.2 Å². The number of nitrogens with zero attached hydrogens (tertiary/aromatic N) is 5. The molecular formula is C49H29N5S2. The predicted octanol–water partition coefficient (Wildman–Crippen LogP) is 13.4. The third-order valence-corrected chi connectivity index (χ3v) is 12.5. The van der Waals surface area contributed by atoms with E-state index >= 15 is 0 Å². The molecule has 0 atom stereocenters. The number of aromatic nitrogens is 5. The summed E-state index contributed by atoms with van der Waals surface area (Å²) in [6.07, 6.45) is 0. The minimum atomic E-state index is 0.638. The molecule has 0 fully saturated rings. The van der Waals surface area contributed by atoms with Gasteiger partial charge < -0.3 is 0 Å². The minimum Gasteiger partial charge on any atom is -0.226 e. The van der Waals surface area contributed by atoms with Gasteiger partial charge in [0.05, 0.1) is 15.9 Å². The summed E-state index contributed by atoms with van der Waals surface area (Å²) in [4.78, 5) is 25.5. The summed E-state index contributed by atoms with van der Waals surface area (Å²) in [6, 6.07) is 61.0. The maximum Gasteiger partial charge on any atom is 0.164 e. The molecule has 0 radical (unpaired) electrons. The van der Waals surface area contributed by atoms with Gasteiger partial charge in [-0.2, -0.15) is 0 Å². The summed E-state index contributed by atoms with van der Waals surface area (Å²) >= 11 is 3.52. The Morgan fingerprint density at radius 2 is 0.786 bits per heavy atom. The summed E-state index contributed by atoms with van der Waals surface area (Å²) in [5, 5.41) is 3.51. The fraction of sp³-hybridized carbons (Fsp3) is 0. The van der Waals surface area contributed by atoms with Crippen molar-refractivity contribution in [2.24, 2.45) is 0 Å². The van der Waals surface area contributed by atoms with E-state index in [2.05, 4.69) is 133 Å². The second-order valence-corrected chi connectivity index (χ2v) is 15.8. The number of benzene rings is 7.